The van der Waals surface area contributed by atoms with E-state index in [0.29, 0.717) is 23.9 Å². The van der Waals surface area contributed by atoms with Gasteiger partial charge in [-0.15, -0.1) is 11.8 Å². The quantitative estimate of drug-likeness (QED) is 0.337. The number of thioether (sulfide) groups is 1. The first-order chi connectivity index (χ1) is 14.3. The van der Waals surface area contributed by atoms with Gasteiger partial charge in [-0.25, -0.2) is 13.1 Å². The van der Waals surface area contributed by atoms with Gasteiger partial charge in [-0.05, 0) is 50.2 Å². The Morgan fingerprint density at radius 1 is 1.16 bits per heavy atom. The molecule has 13 heteroatoms. The Hall–Kier alpha value is -2.64. The van der Waals surface area contributed by atoms with Crippen LogP contribution in [0.3, 0.4) is 0 Å². The van der Waals surface area contributed by atoms with E-state index in [1.54, 1.807) is 13.8 Å². The molecule has 0 fully saturated rings. The van der Waals surface area contributed by atoms with Crippen molar-refractivity contribution in [1.82, 2.24) is 4.72 Å². The zero-order valence-corrected chi connectivity index (χ0v) is 17.9. The maximum absolute atomic E-state index is 12.7. The summed E-state index contributed by atoms with van der Waals surface area (Å²) >= 11 is 0.709. The molecule has 2 N–H and O–H groups in total. The number of amides is 1. The zero-order chi connectivity index (χ0) is 23.4. The van der Waals surface area contributed by atoms with Gasteiger partial charge in [0.1, 0.15) is 0 Å². The van der Waals surface area contributed by atoms with Crippen molar-refractivity contribution in [3.05, 3.63) is 58.1 Å². The summed E-state index contributed by atoms with van der Waals surface area (Å²) in [6.07, 6.45) is -4.73. The number of sulfonamides is 1. The molecule has 0 aliphatic heterocycles. The number of nitrogens with zero attached hydrogens (tertiary/aromatic N) is 1. The van der Waals surface area contributed by atoms with E-state index in [9.17, 15) is 36.5 Å². The van der Waals surface area contributed by atoms with Crippen LogP contribution in [0.25, 0.3) is 0 Å². The third-order valence-corrected chi connectivity index (χ3v) is 6.42. The summed E-state index contributed by atoms with van der Waals surface area (Å²) in [5, 5.41) is 13.6. The van der Waals surface area contributed by atoms with Gasteiger partial charge in [0.2, 0.25) is 15.9 Å². The van der Waals surface area contributed by atoms with Crippen molar-refractivity contribution >= 4 is 39.1 Å². The minimum absolute atomic E-state index is 0.00829. The standard InChI is InChI=1S/C18H18F3N3O5S2/c1-11(2)23-31(28,29)14-6-4-13(5-7-14)22-17(25)10-30-16-8-3-12(18(19,20)21)9-15(16)24(26)27/h3-9,11,23H,10H2,1-2H3,(H,22,25). The van der Waals surface area contributed by atoms with Gasteiger partial charge < -0.3 is 5.32 Å². The van der Waals surface area contributed by atoms with E-state index in [2.05, 4.69) is 10.0 Å². The van der Waals surface area contributed by atoms with Crippen molar-refractivity contribution in [3.8, 4) is 0 Å². The normalized spacial score (nSPS) is 12.1. The summed E-state index contributed by atoms with van der Waals surface area (Å²) in [6, 6.07) is 7.12. The summed E-state index contributed by atoms with van der Waals surface area (Å²) in [4.78, 5) is 22.2. The molecule has 8 nitrogen and oxygen atoms in total. The lowest BCUT2D eigenvalue weighted by molar-refractivity contribution is -0.388. The number of alkyl halides is 3. The highest BCUT2D eigenvalue weighted by atomic mass is 32.2. The Kier molecular flexibility index (Phi) is 7.68. The van der Waals surface area contributed by atoms with Crippen molar-refractivity contribution in [3.63, 3.8) is 0 Å². The average Bonchev–Trinajstić information content (AvgIpc) is 2.64. The molecule has 0 radical (unpaired) electrons. The molecule has 0 bridgehead atoms. The fourth-order valence-corrected chi connectivity index (χ4v) is 4.45. The van der Waals surface area contributed by atoms with E-state index in [0.717, 1.165) is 6.07 Å². The predicted molar refractivity (Wildman–Crippen MR) is 109 cm³/mol. The van der Waals surface area contributed by atoms with Crippen LogP contribution in [0.4, 0.5) is 24.5 Å². The highest BCUT2D eigenvalue weighted by Gasteiger charge is 2.33. The summed E-state index contributed by atoms with van der Waals surface area (Å²) in [6.45, 7) is 3.34. The number of nitro groups is 1. The van der Waals surface area contributed by atoms with E-state index >= 15 is 0 Å². The van der Waals surface area contributed by atoms with E-state index in [4.69, 9.17) is 0 Å². The average molecular weight is 477 g/mol. The fraction of sp³-hybridized carbons (Fsp3) is 0.278. The molecule has 0 atom stereocenters. The molecule has 0 saturated carbocycles. The number of hydrogen-bond donors (Lipinski definition) is 2. The molecular formula is C18H18F3N3O5S2. The largest absolute Gasteiger partial charge is 0.416 e. The molecule has 0 spiro atoms. The molecule has 0 aliphatic carbocycles. The number of carbonyl (C=O) groups excluding carboxylic acids is 1. The molecule has 0 saturated heterocycles. The molecule has 2 aromatic carbocycles. The minimum Gasteiger partial charge on any atom is -0.325 e. The first kappa shape index (κ1) is 24.6. The Morgan fingerprint density at radius 3 is 2.29 bits per heavy atom. The Balaban J connectivity index is 2.05. The highest BCUT2D eigenvalue weighted by molar-refractivity contribution is 8.00. The lowest BCUT2D eigenvalue weighted by Crippen LogP contribution is -2.30. The van der Waals surface area contributed by atoms with Gasteiger partial charge in [0.25, 0.3) is 5.69 Å². The lowest BCUT2D eigenvalue weighted by atomic mass is 10.2. The SMILES string of the molecule is CC(C)NS(=O)(=O)c1ccc(NC(=O)CSc2ccc(C(F)(F)F)cc2[N+](=O)[O-])cc1. The number of rotatable bonds is 8. The smallest absolute Gasteiger partial charge is 0.325 e. The molecule has 168 valence electrons. The number of anilines is 1. The number of carbonyl (C=O) groups is 1. The third kappa shape index (κ3) is 6.94. The second-order valence-electron chi connectivity index (χ2n) is 6.57. The number of nitrogens with one attached hydrogen (secondary N) is 2. The van der Waals surface area contributed by atoms with Crippen LogP contribution in [-0.4, -0.2) is 31.0 Å². The summed E-state index contributed by atoms with van der Waals surface area (Å²) in [7, 11) is -3.69. The van der Waals surface area contributed by atoms with E-state index in [1.807, 2.05) is 0 Å². The van der Waals surface area contributed by atoms with Crippen molar-refractivity contribution in [2.75, 3.05) is 11.1 Å². The maximum atomic E-state index is 12.7. The van der Waals surface area contributed by atoms with Crippen LogP contribution >= 0.6 is 11.8 Å². The fourth-order valence-electron chi connectivity index (χ4n) is 2.39. The highest BCUT2D eigenvalue weighted by Crippen LogP contribution is 2.36. The number of benzene rings is 2. The van der Waals surface area contributed by atoms with E-state index < -0.39 is 38.3 Å². The van der Waals surface area contributed by atoms with Crippen molar-refractivity contribution < 1.29 is 31.3 Å². The van der Waals surface area contributed by atoms with Gasteiger partial charge in [-0.3, -0.25) is 14.9 Å². The monoisotopic (exact) mass is 477 g/mol. The van der Waals surface area contributed by atoms with Gasteiger partial charge in [0.05, 0.1) is 26.0 Å². The lowest BCUT2D eigenvalue weighted by Gasteiger charge is -2.11. The molecule has 2 rings (SSSR count). The molecule has 1 amide bonds. The first-order valence-electron chi connectivity index (χ1n) is 8.70. The van der Waals surface area contributed by atoms with Gasteiger partial charge >= 0.3 is 6.18 Å². The number of nitro benzene ring substituents is 1. The summed E-state index contributed by atoms with van der Waals surface area (Å²) < 4.78 is 64.8. The Bertz CT molecular complexity index is 1070. The van der Waals surface area contributed by atoms with E-state index in [1.165, 1.54) is 24.3 Å². The molecule has 0 heterocycles. The van der Waals surface area contributed by atoms with Crippen LogP contribution in [0.2, 0.25) is 0 Å². The van der Waals surface area contributed by atoms with Crippen LogP contribution in [0.1, 0.15) is 19.4 Å². The molecule has 2 aromatic rings. The number of hydrogen-bond acceptors (Lipinski definition) is 6. The third-order valence-electron chi connectivity index (χ3n) is 3.68. The minimum atomic E-state index is -4.73. The molecular weight excluding hydrogens is 459 g/mol. The Morgan fingerprint density at radius 2 is 1.77 bits per heavy atom. The zero-order valence-electron chi connectivity index (χ0n) is 16.3. The first-order valence-corrected chi connectivity index (χ1v) is 11.2. The van der Waals surface area contributed by atoms with Crippen molar-refractivity contribution in [1.29, 1.82) is 0 Å². The summed E-state index contributed by atoms with van der Waals surface area (Å²) in [5.41, 5.74) is -1.62. The molecule has 0 unspecified atom stereocenters. The second kappa shape index (κ2) is 9.66. The molecule has 0 aromatic heterocycles. The van der Waals surface area contributed by atoms with Crippen LogP contribution in [-0.2, 0) is 21.0 Å². The van der Waals surface area contributed by atoms with Crippen LogP contribution in [0, 0.1) is 10.1 Å². The molecule has 31 heavy (non-hydrogen) atoms. The van der Waals surface area contributed by atoms with E-state index in [-0.39, 0.29) is 27.3 Å². The summed E-state index contributed by atoms with van der Waals surface area (Å²) in [5.74, 6) is -0.878. The Labute approximate surface area is 180 Å². The van der Waals surface area contributed by atoms with Crippen LogP contribution < -0.4 is 10.0 Å². The molecule has 0 aliphatic rings. The topological polar surface area (TPSA) is 118 Å². The van der Waals surface area contributed by atoms with Crippen molar-refractivity contribution in [2.45, 2.75) is 35.9 Å². The van der Waals surface area contributed by atoms with Crippen molar-refractivity contribution in [2.24, 2.45) is 0 Å². The van der Waals surface area contributed by atoms with Gasteiger partial charge in [-0.1, -0.05) is 0 Å². The van der Waals surface area contributed by atoms with Gasteiger partial charge in [-0.2, -0.15) is 13.2 Å². The van der Waals surface area contributed by atoms with Gasteiger partial charge in [0, 0.05) is 17.8 Å². The number of halogens is 3. The van der Waals surface area contributed by atoms with Gasteiger partial charge in [0.15, 0.2) is 0 Å². The predicted octanol–water partition coefficient (Wildman–Crippen LogP) is 4.03. The maximum Gasteiger partial charge on any atom is 0.416 e. The van der Waals surface area contributed by atoms with Crippen LogP contribution in [0.15, 0.2) is 52.3 Å². The second-order valence-corrected chi connectivity index (χ2v) is 9.31. The van der Waals surface area contributed by atoms with Crippen LogP contribution in [0.5, 0.6) is 0 Å².